The zero-order valence-corrected chi connectivity index (χ0v) is 14.5. The summed E-state index contributed by atoms with van der Waals surface area (Å²) in [5, 5.41) is 10.0. The van der Waals surface area contributed by atoms with E-state index in [4.69, 9.17) is 16.3 Å². The van der Waals surface area contributed by atoms with Gasteiger partial charge in [-0.25, -0.2) is 9.59 Å². The lowest BCUT2D eigenvalue weighted by Gasteiger charge is -2.32. The molecule has 0 aromatic heterocycles. The van der Waals surface area contributed by atoms with Crippen molar-refractivity contribution in [3.63, 3.8) is 0 Å². The summed E-state index contributed by atoms with van der Waals surface area (Å²) in [5.41, 5.74) is 2.93. The molecule has 5 nitrogen and oxygen atoms in total. The molecule has 1 unspecified atom stereocenters. The molecular formula is C19H18ClNO4. The zero-order valence-electron chi connectivity index (χ0n) is 13.8. The predicted molar refractivity (Wildman–Crippen MR) is 95.5 cm³/mol. The average molecular weight is 360 g/mol. The van der Waals surface area contributed by atoms with Crippen LogP contribution in [-0.2, 0) is 20.7 Å². The highest BCUT2D eigenvalue weighted by molar-refractivity contribution is 6.30. The van der Waals surface area contributed by atoms with E-state index in [1.54, 1.807) is 6.08 Å². The van der Waals surface area contributed by atoms with Gasteiger partial charge in [-0.15, -0.1) is 0 Å². The standard InChI is InChI=1S/C19H18ClNO4/c1-25-18-14(19(23)24)6-8-17(15(18)11-22)21-9-3-2-4-12-10-13(20)5-7-16(12)21/h5-8,10,18H,2-4,9H2,1H3,(H,23,24). The number of rotatable bonds is 3. The summed E-state index contributed by atoms with van der Waals surface area (Å²) in [6, 6.07) is 5.69. The fraction of sp³-hybridized carbons (Fsp3) is 0.316. The van der Waals surface area contributed by atoms with E-state index < -0.39 is 12.1 Å². The molecule has 0 bridgehead atoms. The van der Waals surface area contributed by atoms with Crippen LogP contribution in [0, 0.1) is 0 Å². The van der Waals surface area contributed by atoms with Crippen molar-refractivity contribution in [3.05, 3.63) is 57.8 Å². The molecule has 0 amide bonds. The van der Waals surface area contributed by atoms with Gasteiger partial charge in [0.05, 0.1) is 16.8 Å². The number of hydrogen-bond donors (Lipinski definition) is 1. The normalized spacial score (nSPS) is 20.2. The summed E-state index contributed by atoms with van der Waals surface area (Å²) in [6.07, 6.45) is 5.08. The third-order valence-electron chi connectivity index (χ3n) is 4.53. The van der Waals surface area contributed by atoms with Crippen molar-refractivity contribution in [2.75, 3.05) is 18.6 Å². The second-order valence-electron chi connectivity index (χ2n) is 5.99. The Morgan fingerprint density at radius 2 is 2.16 bits per heavy atom. The maximum Gasteiger partial charge on any atom is 0.334 e. The number of aryl methyl sites for hydroxylation is 1. The Morgan fingerprint density at radius 1 is 1.36 bits per heavy atom. The summed E-state index contributed by atoms with van der Waals surface area (Å²) in [5.74, 6) is 0.788. The molecule has 3 rings (SSSR count). The Hall–Kier alpha value is -2.33. The van der Waals surface area contributed by atoms with Crippen molar-refractivity contribution in [2.24, 2.45) is 0 Å². The van der Waals surface area contributed by atoms with Gasteiger partial charge in [0.15, 0.2) is 0 Å². The molecule has 0 fully saturated rings. The molecule has 0 spiro atoms. The number of fused-ring (bicyclic) bond motifs is 1. The number of allylic oxidation sites excluding steroid dienone is 2. The lowest BCUT2D eigenvalue weighted by molar-refractivity contribution is -0.133. The quantitative estimate of drug-likeness (QED) is 0.840. The number of anilines is 1. The van der Waals surface area contributed by atoms with E-state index in [9.17, 15) is 14.7 Å². The zero-order chi connectivity index (χ0) is 18.0. The number of nitrogens with zero attached hydrogens (tertiary/aromatic N) is 1. The first kappa shape index (κ1) is 17.5. The van der Waals surface area contributed by atoms with Crippen LogP contribution in [-0.4, -0.2) is 36.8 Å². The van der Waals surface area contributed by atoms with Crippen LogP contribution in [0.5, 0.6) is 0 Å². The fourth-order valence-corrected chi connectivity index (χ4v) is 3.57. The van der Waals surface area contributed by atoms with Crippen LogP contribution in [0.25, 0.3) is 0 Å². The summed E-state index contributed by atoms with van der Waals surface area (Å²) in [4.78, 5) is 25.1. The topological polar surface area (TPSA) is 66.8 Å². The molecule has 25 heavy (non-hydrogen) atoms. The number of carboxylic acid groups (broad SMARTS) is 1. The minimum atomic E-state index is -1.11. The minimum absolute atomic E-state index is 0.0238. The molecular weight excluding hydrogens is 342 g/mol. The van der Waals surface area contributed by atoms with Crippen molar-refractivity contribution in [3.8, 4) is 0 Å². The number of benzene rings is 1. The van der Waals surface area contributed by atoms with Gasteiger partial charge in [0.25, 0.3) is 0 Å². The number of carbonyl (C=O) groups excluding carboxylic acids is 1. The molecule has 6 heteroatoms. The van der Waals surface area contributed by atoms with Crippen LogP contribution < -0.4 is 4.90 Å². The lowest BCUT2D eigenvalue weighted by atomic mass is 9.93. The van der Waals surface area contributed by atoms with Crippen LogP contribution in [0.1, 0.15) is 18.4 Å². The van der Waals surface area contributed by atoms with Crippen LogP contribution in [0.4, 0.5) is 5.69 Å². The fourth-order valence-electron chi connectivity index (χ4n) is 3.38. The first-order valence-corrected chi connectivity index (χ1v) is 8.44. The maximum absolute atomic E-state index is 11.7. The SMILES string of the molecule is COC1C(=C=O)C(N2CCCCc3cc(Cl)ccc32)=CC=C1C(=O)O. The number of carboxylic acids is 1. The molecule has 1 heterocycles. The van der Waals surface area contributed by atoms with Gasteiger partial charge in [0.2, 0.25) is 0 Å². The molecule has 130 valence electrons. The first-order chi connectivity index (χ1) is 12.1. The van der Waals surface area contributed by atoms with Crippen molar-refractivity contribution in [1.82, 2.24) is 0 Å². The summed E-state index contributed by atoms with van der Waals surface area (Å²) in [7, 11) is 1.39. The Labute approximate surface area is 150 Å². The number of methoxy groups -OCH3 is 1. The highest BCUT2D eigenvalue weighted by Crippen LogP contribution is 2.36. The van der Waals surface area contributed by atoms with Gasteiger partial charge in [-0.1, -0.05) is 11.6 Å². The third kappa shape index (κ3) is 3.27. The van der Waals surface area contributed by atoms with Crippen LogP contribution in [0.3, 0.4) is 0 Å². The van der Waals surface area contributed by atoms with Crippen molar-refractivity contribution >= 4 is 29.2 Å². The van der Waals surface area contributed by atoms with Gasteiger partial charge in [-0.3, -0.25) is 0 Å². The second kappa shape index (κ2) is 7.28. The van der Waals surface area contributed by atoms with Gasteiger partial charge in [-0.2, -0.15) is 0 Å². The van der Waals surface area contributed by atoms with Crippen LogP contribution >= 0.6 is 11.6 Å². The van der Waals surface area contributed by atoms with Crippen molar-refractivity contribution in [1.29, 1.82) is 0 Å². The molecule has 1 N–H and O–H groups in total. The van der Waals surface area contributed by atoms with E-state index in [1.165, 1.54) is 13.2 Å². The predicted octanol–water partition coefficient (Wildman–Crippen LogP) is 3.16. The average Bonchev–Trinajstić information content (AvgIpc) is 2.81. The van der Waals surface area contributed by atoms with Crippen LogP contribution in [0.2, 0.25) is 5.02 Å². The Bertz CT molecular complexity index is 821. The number of carbonyl (C=O) groups is 1. The van der Waals surface area contributed by atoms with E-state index in [0.717, 1.165) is 37.1 Å². The van der Waals surface area contributed by atoms with Crippen LogP contribution in [0.15, 0.2) is 47.2 Å². The molecule has 1 aromatic rings. The number of aliphatic carboxylic acids is 1. The molecule has 2 aliphatic rings. The smallest absolute Gasteiger partial charge is 0.334 e. The Kier molecular flexibility index (Phi) is 5.09. The third-order valence-corrected chi connectivity index (χ3v) is 4.77. The minimum Gasteiger partial charge on any atom is -0.478 e. The Balaban J connectivity index is 2.12. The summed E-state index contributed by atoms with van der Waals surface area (Å²) < 4.78 is 5.29. The maximum atomic E-state index is 11.7. The van der Waals surface area contributed by atoms with E-state index >= 15 is 0 Å². The molecule has 0 radical (unpaired) electrons. The van der Waals surface area contributed by atoms with Crippen molar-refractivity contribution < 1.29 is 19.4 Å². The highest BCUT2D eigenvalue weighted by atomic mass is 35.5. The molecule has 0 saturated carbocycles. The Morgan fingerprint density at radius 3 is 2.84 bits per heavy atom. The molecule has 1 aliphatic heterocycles. The number of ether oxygens (including phenoxy) is 1. The second-order valence-corrected chi connectivity index (χ2v) is 6.43. The van der Waals surface area contributed by atoms with Gasteiger partial charge in [0, 0.05) is 24.4 Å². The number of halogens is 1. The highest BCUT2D eigenvalue weighted by Gasteiger charge is 2.33. The number of hydrogen-bond acceptors (Lipinski definition) is 4. The molecule has 0 saturated heterocycles. The first-order valence-electron chi connectivity index (χ1n) is 8.06. The summed E-state index contributed by atoms with van der Waals surface area (Å²) in [6.45, 7) is 0.721. The summed E-state index contributed by atoms with van der Waals surface area (Å²) >= 11 is 6.12. The van der Waals surface area contributed by atoms with Gasteiger partial charge >= 0.3 is 5.97 Å². The van der Waals surface area contributed by atoms with Gasteiger partial charge in [-0.05, 0) is 55.2 Å². The van der Waals surface area contributed by atoms with E-state index in [-0.39, 0.29) is 11.1 Å². The molecule has 1 atom stereocenters. The van der Waals surface area contributed by atoms with Gasteiger partial charge < -0.3 is 14.7 Å². The van der Waals surface area contributed by atoms with Gasteiger partial charge in [0.1, 0.15) is 12.0 Å². The monoisotopic (exact) mass is 359 g/mol. The van der Waals surface area contributed by atoms with E-state index in [2.05, 4.69) is 0 Å². The lowest BCUT2D eigenvalue weighted by Crippen LogP contribution is -2.33. The van der Waals surface area contributed by atoms with E-state index in [1.807, 2.05) is 29.0 Å². The largest absolute Gasteiger partial charge is 0.478 e. The molecule has 1 aliphatic carbocycles. The van der Waals surface area contributed by atoms with Crippen molar-refractivity contribution in [2.45, 2.75) is 25.4 Å². The molecule has 1 aromatic carbocycles. The van der Waals surface area contributed by atoms with E-state index in [0.29, 0.717) is 10.7 Å².